The fourth-order valence-electron chi connectivity index (χ4n) is 2.48. The van der Waals surface area contributed by atoms with Crippen molar-refractivity contribution in [3.63, 3.8) is 0 Å². The van der Waals surface area contributed by atoms with E-state index < -0.39 is 16.0 Å². The second kappa shape index (κ2) is 7.23. The van der Waals surface area contributed by atoms with E-state index in [0.717, 1.165) is 23.7 Å². The van der Waals surface area contributed by atoms with E-state index in [0.29, 0.717) is 0 Å². The van der Waals surface area contributed by atoms with Crippen LogP contribution in [-0.2, 0) is 16.8 Å². The summed E-state index contributed by atoms with van der Waals surface area (Å²) in [5.41, 5.74) is 0.173. The maximum Gasteiger partial charge on any atom is 0.279 e. The van der Waals surface area contributed by atoms with Gasteiger partial charge in [-0.05, 0) is 38.4 Å². The van der Waals surface area contributed by atoms with Crippen LogP contribution in [0.4, 0.5) is 4.39 Å². The van der Waals surface area contributed by atoms with Crippen LogP contribution in [-0.4, -0.2) is 38.4 Å². The van der Waals surface area contributed by atoms with Crippen molar-refractivity contribution >= 4 is 21.8 Å². The first-order valence-electron chi connectivity index (χ1n) is 7.21. The number of rotatable bonds is 5. The third-order valence-corrected chi connectivity index (χ3v) is 5.82. The molecule has 2 N–H and O–H groups in total. The van der Waals surface area contributed by atoms with Crippen molar-refractivity contribution in [1.29, 1.82) is 0 Å². The van der Waals surface area contributed by atoms with Crippen molar-refractivity contribution < 1.29 is 12.8 Å². The van der Waals surface area contributed by atoms with Crippen molar-refractivity contribution in [2.75, 3.05) is 13.6 Å². The minimum absolute atomic E-state index is 0.0639. The number of hydrogen-bond acceptors (Lipinski definition) is 3. The number of piperidine rings is 1. The Morgan fingerprint density at radius 2 is 2.23 bits per heavy atom. The van der Waals surface area contributed by atoms with Gasteiger partial charge in [-0.25, -0.2) is 4.39 Å². The topological polar surface area (TPSA) is 61.4 Å². The summed E-state index contributed by atoms with van der Waals surface area (Å²) < 4.78 is 42.3. The van der Waals surface area contributed by atoms with Gasteiger partial charge in [-0.3, -0.25) is 0 Å². The number of hydrogen-bond donors (Lipinski definition) is 2. The van der Waals surface area contributed by atoms with Crippen LogP contribution >= 0.6 is 11.6 Å². The quantitative estimate of drug-likeness (QED) is 0.853. The van der Waals surface area contributed by atoms with E-state index in [4.69, 9.17) is 11.6 Å². The molecule has 0 aliphatic carbocycles. The van der Waals surface area contributed by atoms with Crippen LogP contribution in [0.1, 0.15) is 25.3 Å². The number of halogens is 2. The largest absolute Gasteiger partial charge is 0.313 e. The molecular formula is C14H21ClFN3O2S. The van der Waals surface area contributed by atoms with Gasteiger partial charge in [0, 0.05) is 36.3 Å². The zero-order valence-electron chi connectivity index (χ0n) is 12.6. The molecule has 1 aliphatic heterocycles. The van der Waals surface area contributed by atoms with E-state index in [2.05, 4.69) is 10.0 Å². The van der Waals surface area contributed by atoms with Crippen LogP contribution in [0, 0.1) is 5.82 Å². The number of nitrogens with one attached hydrogen (secondary N) is 2. The summed E-state index contributed by atoms with van der Waals surface area (Å²) in [4.78, 5) is 0. The smallest absolute Gasteiger partial charge is 0.279 e. The van der Waals surface area contributed by atoms with Crippen LogP contribution in [0.2, 0.25) is 5.02 Å². The van der Waals surface area contributed by atoms with Gasteiger partial charge in [-0.1, -0.05) is 17.7 Å². The molecule has 1 saturated heterocycles. The molecule has 1 heterocycles. The predicted octanol–water partition coefficient (Wildman–Crippen LogP) is 1.89. The molecule has 5 nitrogen and oxygen atoms in total. The maximum atomic E-state index is 13.8. The van der Waals surface area contributed by atoms with Gasteiger partial charge in [0.15, 0.2) is 0 Å². The summed E-state index contributed by atoms with van der Waals surface area (Å²) in [6.45, 7) is 2.72. The molecule has 2 atom stereocenters. The lowest BCUT2D eigenvalue weighted by atomic mass is 10.0. The molecule has 0 radical (unpaired) electrons. The van der Waals surface area contributed by atoms with Crippen molar-refractivity contribution in [2.45, 2.75) is 38.4 Å². The Morgan fingerprint density at radius 3 is 2.86 bits per heavy atom. The van der Waals surface area contributed by atoms with E-state index in [9.17, 15) is 12.8 Å². The minimum atomic E-state index is -3.71. The van der Waals surface area contributed by atoms with E-state index >= 15 is 0 Å². The fourth-order valence-corrected chi connectivity index (χ4v) is 3.88. The summed E-state index contributed by atoms with van der Waals surface area (Å²) >= 11 is 5.95. The highest BCUT2D eigenvalue weighted by molar-refractivity contribution is 7.87. The van der Waals surface area contributed by atoms with E-state index in [-0.39, 0.29) is 29.2 Å². The average Bonchev–Trinajstić information content (AvgIpc) is 2.45. The summed E-state index contributed by atoms with van der Waals surface area (Å²) in [5.74, 6) is -0.512. The van der Waals surface area contributed by atoms with Gasteiger partial charge in [0.2, 0.25) is 0 Å². The highest BCUT2D eigenvalue weighted by Crippen LogP contribution is 2.21. The first kappa shape index (κ1) is 17.6. The number of nitrogens with zero attached hydrogens (tertiary/aromatic N) is 1. The Labute approximate surface area is 136 Å². The molecule has 0 bridgehead atoms. The Morgan fingerprint density at radius 1 is 1.50 bits per heavy atom. The third-order valence-electron chi connectivity index (χ3n) is 3.91. The van der Waals surface area contributed by atoms with Crippen molar-refractivity contribution in [3.8, 4) is 0 Å². The Bertz CT molecular complexity index is 606. The Hall–Kier alpha value is -0.730. The number of benzene rings is 1. The molecule has 0 saturated carbocycles. The lowest BCUT2D eigenvalue weighted by molar-refractivity contribution is 0.338. The maximum absolute atomic E-state index is 13.8. The van der Waals surface area contributed by atoms with E-state index in [1.54, 1.807) is 6.07 Å². The average molecular weight is 350 g/mol. The van der Waals surface area contributed by atoms with Crippen LogP contribution in [0.15, 0.2) is 18.2 Å². The molecule has 2 unspecified atom stereocenters. The van der Waals surface area contributed by atoms with E-state index in [1.165, 1.54) is 19.2 Å². The van der Waals surface area contributed by atoms with Crippen LogP contribution in [0.5, 0.6) is 0 Å². The SMILES string of the molecule is CC1NCCCC1NS(=O)(=O)N(C)Cc1c(F)cccc1Cl. The summed E-state index contributed by atoms with van der Waals surface area (Å²) in [5, 5.41) is 3.45. The highest BCUT2D eigenvalue weighted by atomic mass is 35.5. The summed E-state index contributed by atoms with van der Waals surface area (Å²) in [6.07, 6.45) is 1.70. The predicted molar refractivity (Wildman–Crippen MR) is 85.4 cm³/mol. The molecule has 2 rings (SSSR count). The minimum Gasteiger partial charge on any atom is -0.313 e. The van der Waals surface area contributed by atoms with Crippen molar-refractivity contribution in [3.05, 3.63) is 34.6 Å². The lowest BCUT2D eigenvalue weighted by Gasteiger charge is -2.31. The molecule has 1 aromatic rings. The molecule has 0 spiro atoms. The zero-order valence-corrected chi connectivity index (χ0v) is 14.2. The van der Waals surface area contributed by atoms with Gasteiger partial charge < -0.3 is 5.32 Å². The first-order chi connectivity index (χ1) is 10.3. The molecule has 0 aromatic heterocycles. The third kappa shape index (κ3) is 4.17. The van der Waals surface area contributed by atoms with Gasteiger partial charge in [0.05, 0.1) is 0 Å². The molecule has 1 aliphatic rings. The van der Waals surface area contributed by atoms with Crippen LogP contribution < -0.4 is 10.0 Å². The van der Waals surface area contributed by atoms with Gasteiger partial charge >= 0.3 is 0 Å². The fraction of sp³-hybridized carbons (Fsp3) is 0.571. The highest BCUT2D eigenvalue weighted by Gasteiger charge is 2.28. The monoisotopic (exact) mass is 349 g/mol. The molecular weight excluding hydrogens is 329 g/mol. The van der Waals surface area contributed by atoms with Crippen LogP contribution in [0.25, 0.3) is 0 Å². The van der Waals surface area contributed by atoms with Crippen molar-refractivity contribution in [2.24, 2.45) is 0 Å². The Balaban J connectivity index is 2.08. The van der Waals surface area contributed by atoms with Gasteiger partial charge in [0.25, 0.3) is 10.2 Å². The van der Waals surface area contributed by atoms with Crippen molar-refractivity contribution in [1.82, 2.24) is 14.3 Å². The molecule has 1 fully saturated rings. The molecule has 0 amide bonds. The summed E-state index contributed by atoms with van der Waals surface area (Å²) in [6, 6.07) is 4.19. The lowest BCUT2D eigenvalue weighted by Crippen LogP contribution is -2.54. The second-order valence-electron chi connectivity index (χ2n) is 5.57. The Kier molecular flexibility index (Phi) is 5.79. The molecule has 1 aromatic carbocycles. The van der Waals surface area contributed by atoms with E-state index in [1.807, 2.05) is 6.92 Å². The van der Waals surface area contributed by atoms with Crippen LogP contribution in [0.3, 0.4) is 0 Å². The normalized spacial score (nSPS) is 23.0. The summed E-state index contributed by atoms with van der Waals surface area (Å²) in [7, 11) is -2.30. The second-order valence-corrected chi connectivity index (χ2v) is 7.79. The molecule has 124 valence electrons. The standard InChI is InChI=1S/C14H21ClFN3O2S/c1-10-14(7-4-8-17-10)18-22(20,21)19(2)9-11-12(15)5-3-6-13(11)16/h3,5-6,10,14,17-18H,4,7-9H2,1-2H3. The zero-order chi connectivity index (χ0) is 16.3. The van der Waals surface area contributed by atoms with Gasteiger partial charge in [-0.2, -0.15) is 17.4 Å². The molecule has 8 heteroatoms. The first-order valence-corrected chi connectivity index (χ1v) is 9.03. The van der Waals surface area contributed by atoms with Gasteiger partial charge in [0.1, 0.15) is 5.82 Å². The molecule has 22 heavy (non-hydrogen) atoms. The van der Waals surface area contributed by atoms with Gasteiger partial charge in [-0.15, -0.1) is 0 Å².